The molecule has 0 saturated carbocycles. The van der Waals surface area contributed by atoms with Crippen molar-refractivity contribution in [2.75, 3.05) is 31.6 Å². The maximum Gasteiger partial charge on any atom is 0.418 e. The van der Waals surface area contributed by atoms with Crippen LogP contribution in [0.25, 0.3) is 0 Å². The van der Waals surface area contributed by atoms with Crippen molar-refractivity contribution >= 4 is 17.4 Å². The van der Waals surface area contributed by atoms with Gasteiger partial charge in [-0.1, -0.05) is 18.2 Å². The first-order chi connectivity index (χ1) is 16.1. The van der Waals surface area contributed by atoms with E-state index in [0.29, 0.717) is 32.5 Å². The number of alkyl halides is 3. The van der Waals surface area contributed by atoms with Crippen LogP contribution in [-0.2, 0) is 22.8 Å². The second kappa shape index (κ2) is 9.21. The lowest BCUT2D eigenvalue weighted by atomic mass is 9.73. The van der Waals surface area contributed by atoms with Crippen molar-refractivity contribution in [3.05, 3.63) is 65.5 Å². The summed E-state index contributed by atoms with van der Waals surface area (Å²) in [7, 11) is 0. The summed E-state index contributed by atoms with van der Waals surface area (Å²) in [5.41, 5.74) is 0.730. The Bertz CT molecular complexity index is 1120. The van der Waals surface area contributed by atoms with Crippen molar-refractivity contribution in [3.8, 4) is 5.75 Å². The zero-order valence-electron chi connectivity index (χ0n) is 18.9. The van der Waals surface area contributed by atoms with E-state index >= 15 is 0 Å². The van der Waals surface area contributed by atoms with Crippen LogP contribution < -0.4 is 10.1 Å². The first-order valence-corrected chi connectivity index (χ1v) is 11.1. The third-order valence-corrected chi connectivity index (χ3v) is 6.55. The number of aromatic nitrogens is 1. The highest BCUT2D eigenvalue weighted by Gasteiger charge is 2.48. The van der Waals surface area contributed by atoms with Crippen molar-refractivity contribution in [2.45, 2.75) is 37.8 Å². The van der Waals surface area contributed by atoms with Crippen LogP contribution >= 0.6 is 0 Å². The molecule has 1 aromatic heterocycles. The van der Waals surface area contributed by atoms with Gasteiger partial charge in [0.05, 0.1) is 17.2 Å². The van der Waals surface area contributed by atoms with Crippen LogP contribution in [0.2, 0.25) is 0 Å². The zero-order chi connectivity index (χ0) is 24.5. The minimum atomic E-state index is -4.70. The SMILES string of the molecule is C=CCc1ccc2c(c1)C1(CCN(CCOc3cnc(C(C)=O)c(C(F)(F)F)c3)CC1)C(=O)N2. The Morgan fingerprint density at radius 3 is 2.68 bits per heavy atom. The van der Waals surface area contributed by atoms with Crippen LogP contribution in [-0.4, -0.2) is 47.8 Å². The molecule has 1 saturated heterocycles. The number of likely N-dealkylation sites (tertiary alicyclic amines) is 1. The highest BCUT2D eigenvalue weighted by Crippen LogP contribution is 2.45. The van der Waals surface area contributed by atoms with Gasteiger partial charge in [-0.2, -0.15) is 13.2 Å². The number of Topliss-reactive ketones (excluding diaryl/α,β-unsaturated/α-hetero) is 1. The average molecular weight is 473 g/mol. The van der Waals surface area contributed by atoms with E-state index in [2.05, 4.69) is 27.8 Å². The van der Waals surface area contributed by atoms with E-state index in [1.807, 2.05) is 18.2 Å². The molecule has 0 unspecified atom stereocenters. The van der Waals surface area contributed by atoms with Crippen molar-refractivity contribution < 1.29 is 27.5 Å². The van der Waals surface area contributed by atoms with Gasteiger partial charge in [-0.25, -0.2) is 4.98 Å². The van der Waals surface area contributed by atoms with Crippen LogP contribution in [0.5, 0.6) is 5.75 Å². The normalized spacial score (nSPS) is 17.4. The lowest BCUT2D eigenvalue weighted by Crippen LogP contribution is -2.47. The molecule has 9 heteroatoms. The average Bonchev–Trinajstić information content (AvgIpc) is 3.05. The minimum absolute atomic E-state index is 0.0190. The summed E-state index contributed by atoms with van der Waals surface area (Å²) in [6.45, 7) is 6.82. The van der Waals surface area contributed by atoms with Gasteiger partial charge in [-0.3, -0.25) is 14.5 Å². The second-order valence-electron chi connectivity index (χ2n) is 8.72. The fraction of sp³-hybridized carbons (Fsp3) is 0.400. The van der Waals surface area contributed by atoms with Crippen LogP contribution in [0, 0.1) is 0 Å². The third kappa shape index (κ3) is 4.57. The number of piperidine rings is 1. The topological polar surface area (TPSA) is 71.5 Å². The summed E-state index contributed by atoms with van der Waals surface area (Å²) in [6.07, 6.45) is 0.310. The Morgan fingerprint density at radius 1 is 1.29 bits per heavy atom. The Kier molecular flexibility index (Phi) is 6.49. The fourth-order valence-corrected chi connectivity index (χ4v) is 4.72. The zero-order valence-corrected chi connectivity index (χ0v) is 18.9. The van der Waals surface area contributed by atoms with Crippen LogP contribution in [0.1, 0.15) is 46.9 Å². The molecule has 1 aromatic carbocycles. The number of carbonyl (C=O) groups excluding carboxylic acids is 2. The highest BCUT2D eigenvalue weighted by molar-refractivity contribution is 6.06. The molecular weight excluding hydrogens is 447 g/mol. The summed E-state index contributed by atoms with van der Waals surface area (Å²) >= 11 is 0. The maximum absolute atomic E-state index is 13.3. The van der Waals surface area contributed by atoms with E-state index in [0.717, 1.165) is 42.4 Å². The summed E-state index contributed by atoms with van der Waals surface area (Å²) in [5, 5.41) is 3.01. The number of rotatable bonds is 7. The molecule has 180 valence electrons. The van der Waals surface area contributed by atoms with Crippen LogP contribution in [0.3, 0.4) is 0 Å². The molecule has 1 amide bonds. The smallest absolute Gasteiger partial charge is 0.418 e. The number of hydrogen-bond acceptors (Lipinski definition) is 5. The third-order valence-electron chi connectivity index (χ3n) is 6.55. The number of amides is 1. The molecule has 0 bridgehead atoms. The fourth-order valence-electron chi connectivity index (χ4n) is 4.72. The number of pyridine rings is 1. The molecule has 0 radical (unpaired) electrons. The van der Waals surface area contributed by atoms with E-state index < -0.39 is 28.6 Å². The van der Waals surface area contributed by atoms with Gasteiger partial charge in [0.1, 0.15) is 18.1 Å². The van der Waals surface area contributed by atoms with E-state index in [9.17, 15) is 22.8 Å². The predicted molar refractivity (Wildman–Crippen MR) is 121 cm³/mol. The van der Waals surface area contributed by atoms with Gasteiger partial charge in [0.15, 0.2) is 5.78 Å². The lowest BCUT2D eigenvalue weighted by molar-refractivity contribution is -0.138. The highest BCUT2D eigenvalue weighted by atomic mass is 19.4. The summed E-state index contributed by atoms with van der Waals surface area (Å²) in [4.78, 5) is 30.1. The largest absolute Gasteiger partial charge is 0.491 e. The van der Waals surface area contributed by atoms with Gasteiger partial charge in [0.25, 0.3) is 0 Å². The summed E-state index contributed by atoms with van der Waals surface area (Å²) in [6, 6.07) is 6.84. The standard InChI is InChI=1S/C25H26F3N3O3/c1-3-4-17-5-6-21-19(13-17)24(23(33)30-21)7-9-31(10-8-24)11-12-34-18-14-20(25(26,27)28)22(16(2)32)29-15-18/h3,5-6,13-15H,1,4,7-12H2,2H3,(H,30,33). The number of nitrogens with zero attached hydrogens (tertiary/aromatic N) is 2. The molecule has 34 heavy (non-hydrogen) atoms. The van der Waals surface area contributed by atoms with Gasteiger partial charge >= 0.3 is 6.18 Å². The first kappa shape index (κ1) is 23.9. The molecule has 6 nitrogen and oxygen atoms in total. The monoisotopic (exact) mass is 473 g/mol. The molecule has 2 aromatic rings. The number of ketones is 1. The molecule has 2 aliphatic heterocycles. The maximum atomic E-state index is 13.3. The minimum Gasteiger partial charge on any atom is -0.491 e. The molecule has 1 N–H and O–H groups in total. The van der Waals surface area contributed by atoms with Crippen LogP contribution in [0.15, 0.2) is 43.1 Å². The summed E-state index contributed by atoms with van der Waals surface area (Å²) < 4.78 is 45.3. The van der Waals surface area contributed by atoms with Gasteiger partial charge < -0.3 is 10.1 Å². The number of fused-ring (bicyclic) bond motifs is 2. The number of allylic oxidation sites excluding steroid dienone is 1. The van der Waals surface area contributed by atoms with E-state index in [1.54, 1.807) is 0 Å². The Balaban J connectivity index is 1.37. The molecule has 3 heterocycles. The van der Waals surface area contributed by atoms with Crippen LogP contribution in [0.4, 0.5) is 18.9 Å². The molecule has 0 aliphatic carbocycles. The number of carbonyl (C=O) groups is 2. The van der Waals surface area contributed by atoms with Gasteiger partial charge in [-0.05, 0) is 55.6 Å². The molecule has 1 spiro atoms. The summed E-state index contributed by atoms with van der Waals surface area (Å²) in [5.74, 6) is -0.773. The Labute approximate surface area is 195 Å². The van der Waals surface area contributed by atoms with Gasteiger partial charge in [0, 0.05) is 19.2 Å². The van der Waals surface area contributed by atoms with Gasteiger partial charge in [-0.15, -0.1) is 6.58 Å². The Hall–Kier alpha value is -3.20. The molecular formula is C25H26F3N3O3. The molecule has 0 atom stereocenters. The second-order valence-corrected chi connectivity index (χ2v) is 8.72. The number of ether oxygens (including phenoxy) is 1. The Morgan fingerprint density at radius 2 is 2.03 bits per heavy atom. The molecule has 2 aliphatic rings. The van der Waals surface area contributed by atoms with Crippen molar-refractivity contribution in [1.82, 2.24) is 9.88 Å². The number of benzene rings is 1. The van der Waals surface area contributed by atoms with Gasteiger partial charge in [0.2, 0.25) is 5.91 Å². The quantitative estimate of drug-likeness (QED) is 0.477. The number of anilines is 1. The van der Waals surface area contributed by atoms with E-state index in [4.69, 9.17) is 4.74 Å². The van der Waals surface area contributed by atoms with E-state index in [-0.39, 0.29) is 18.3 Å². The van der Waals surface area contributed by atoms with Crippen molar-refractivity contribution in [2.24, 2.45) is 0 Å². The van der Waals surface area contributed by atoms with Crippen molar-refractivity contribution in [3.63, 3.8) is 0 Å². The number of hydrogen-bond donors (Lipinski definition) is 1. The lowest BCUT2D eigenvalue weighted by Gasteiger charge is -2.38. The van der Waals surface area contributed by atoms with E-state index in [1.165, 1.54) is 0 Å². The molecule has 4 rings (SSSR count). The first-order valence-electron chi connectivity index (χ1n) is 11.1. The number of nitrogens with one attached hydrogen (secondary N) is 1. The molecule has 1 fully saturated rings. The predicted octanol–water partition coefficient (Wildman–Crippen LogP) is 4.40. The van der Waals surface area contributed by atoms with Crippen molar-refractivity contribution in [1.29, 1.82) is 0 Å². The number of halogens is 3.